The van der Waals surface area contributed by atoms with Gasteiger partial charge in [-0.3, -0.25) is 0 Å². The van der Waals surface area contributed by atoms with Crippen molar-refractivity contribution < 1.29 is 17.7 Å². The Bertz CT molecular complexity index is 3640. The van der Waals surface area contributed by atoms with Crippen LogP contribution in [0.1, 0.15) is 11.1 Å². The summed E-state index contributed by atoms with van der Waals surface area (Å²) in [5.74, 6) is 0. The molecule has 60 heavy (non-hydrogen) atoms. The molecule has 13 aromatic rings. The molecule has 4 nitrogen and oxygen atoms in total. The Morgan fingerprint density at radius 3 is 1.00 bits per heavy atom. The zero-order valence-corrected chi connectivity index (χ0v) is 32.8. The number of furan rings is 4. The average Bonchev–Trinajstić information content (AvgIpc) is 4.05. The summed E-state index contributed by atoms with van der Waals surface area (Å²) in [4.78, 5) is 0. The molecule has 0 spiro atoms. The molecule has 0 bridgehead atoms. The van der Waals surface area contributed by atoms with Crippen molar-refractivity contribution in [3.8, 4) is 44.5 Å². The summed E-state index contributed by atoms with van der Waals surface area (Å²) in [6.45, 7) is 4.31. The van der Waals surface area contributed by atoms with Crippen LogP contribution in [0.3, 0.4) is 0 Å². The molecule has 4 aromatic heterocycles. The highest BCUT2D eigenvalue weighted by molar-refractivity contribution is 6.20. The van der Waals surface area contributed by atoms with Gasteiger partial charge in [-0.2, -0.15) is 0 Å². The van der Waals surface area contributed by atoms with Crippen molar-refractivity contribution in [1.82, 2.24) is 0 Å². The lowest BCUT2D eigenvalue weighted by molar-refractivity contribution is 0.633. The fourth-order valence-corrected chi connectivity index (χ4v) is 9.49. The first kappa shape index (κ1) is 33.2. The van der Waals surface area contributed by atoms with E-state index >= 15 is 0 Å². The van der Waals surface area contributed by atoms with E-state index in [-0.39, 0.29) is 0 Å². The molecule has 0 saturated carbocycles. The van der Waals surface area contributed by atoms with Crippen molar-refractivity contribution in [3.05, 3.63) is 181 Å². The van der Waals surface area contributed by atoms with Gasteiger partial charge in [-0.05, 0) is 154 Å². The molecule has 0 saturated heterocycles. The molecule has 0 N–H and O–H groups in total. The molecule has 0 radical (unpaired) electrons. The van der Waals surface area contributed by atoms with Crippen molar-refractivity contribution >= 4 is 87.8 Å². The van der Waals surface area contributed by atoms with E-state index in [2.05, 4.69) is 172 Å². The maximum absolute atomic E-state index is 6.69. The van der Waals surface area contributed by atoms with Gasteiger partial charge in [0.1, 0.15) is 33.5 Å². The van der Waals surface area contributed by atoms with E-state index in [4.69, 9.17) is 17.7 Å². The first-order valence-corrected chi connectivity index (χ1v) is 20.4. The summed E-state index contributed by atoms with van der Waals surface area (Å²) < 4.78 is 26.0. The van der Waals surface area contributed by atoms with Crippen LogP contribution in [0.2, 0.25) is 0 Å². The minimum Gasteiger partial charge on any atom is -0.456 e. The van der Waals surface area contributed by atoms with Gasteiger partial charge in [0.15, 0.2) is 11.2 Å². The fourth-order valence-electron chi connectivity index (χ4n) is 9.49. The molecule has 0 aliphatic heterocycles. The van der Waals surface area contributed by atoms with E-state index in [0.29, 0.717) is 0 Å². The van der Waals surface area contributed by atoms with Gasteiger partial charge in [-0.15, -0.1) is 0 Å². The summed E-state index contributed by atoms with van der Waals surface area (Å²) >= 11 is 0. The zero-order chi connectivity index (χ0) is 39.6. The van der Waals surface area contributed by atoms with Crippen molar-refractivity contribution in [2.24, 2.45) is 0 Å². The van der Waals surface area contributed by atoms with Gasteiger partial charge in [0.05, 0.1) is 0 Å². The molecular formula is C56H34O4. The number of hydrogen-bond donors (Lipinski definition) is 0. The van der Waals surface area contributed by atoms with Crippen LogP contribution in [0.15, 0.2) is 188 Å². The maximum atomic E-state index is 6.69. The van der Waals surface area contributed by atoms with Crippen molar-refractivity contribution in [2.45, 2.75) is 13.8 Å². The highest BCUT2D eigenvalue weighted by atomic mass is 16.4. The summed E-state index contributed by atoms with van der Waals surface area (Å²) in [6, 6.07) is 60.1. The molecule has 0 fully saturated rings. The molecule has 0 aliphatic rings. The molecule has 13 rings (SSSR count). The van der Waals surface area contributed by atoms with Crippen molar-refractivity contribution in [1.29, 1.82) is 0 Å². The van der Waals surface area contributed by atoms with E-state index < -0.39 is 0 Å². The van der Waals surface area contributed by atoms with Crippen LogP contribution >= 0.6 is 0 Å². The molecule has 4 heteroatoms. The predicted octanol–water partition coefficient (Wildman–Crippen LogP) is 16.6. The fraction of sp³-hybridized carbons (Fsp3) is 0.0357. The van der Waals surface area contributed by atoms with Gasteiger partial charge < -0.3 is 17.7 Å². The topological polar surface area (TPSA) is 52.6 Å². The smallest absolute Gasteiger partial charge is 0.178 e. The lowest BCUT2D eigenvalue weighted by atomic mass is 9.95. The van der Waals surface area contributed by atoms with E-state index in [9.17, 15) is 0 Å². The SMILES string of the molecule is Cc1cc2oc3c(ccc4c5cc(-c6ccc7oc8ccc(-c9ccccc9)cc8c7c6)c(C)cc5oc43)c2cc1-c1ccc2oc3ccc(-c4ccccc4)cc3c2c1. The van der Waals surface area contributed by atoms with Gasteiger partial charge in [0.25, 0.3) is 0 Å². The van der Waals surface area contributed by atoms with Crippen LogP contribution in [0.5, 0.6) is 0 Å². The second-order valence-corrected chi connectivity index (χ2v) is 16.1. The third-order valence-corrected chi connectivity index (χ3v) is 12.5. The largest absolute Gasteiger partial charge is 0.456 e. The van der Waals surface area contributed by atoms with Gasteiger partial charge >= 0.3 is 0 Å². The normalized spacial score (nSPS) is 12.2. The number of benzene rings is 9. The molecule has 9 aromatic carbocycles. The Labute approximate surface area is 343 Å². The molecule has 0 amide bonds. The Balaban J connectivity index is 0.916. The second-order valence-electron chi connectivity index (χ2n) is 16.1. The Morgan fingerprint density at radius 1 is 0.250 bits per heavy atom. The van der Waals surface area contributed by atoms with Gasteiger partial charge in [0.2, 0.25) is 0 Å². The monoisotopic (exact) mass is 770 g/mol. The van der Waals surface area contributed by atoms with E-state index in [1.165, 1.54) is 22.3 Å². The summed E-state index contributed by atoms with van der Waals surface area (Å²) in [6.07, 6.45) is 0. The molecule has 0 atom stereocenters. The van der Waals surface area contributed by atoms with Crippen LogP contribution in [-0.2, 0) is 0 Å². The maximum Gasteiger partial charge on any atom is 0.178 e. The number of hydrogen-bond acceptors (Lipinski definition) is 4. The molecule has 282 valence electrons. The zero-order valence-electron chi connectivity index (χ0n) is 32.8. The Kier molecular flexibility index (Phi) is 6.83. The Hall–Kier alpha value is -7.82. The number of fused-ring (bicyclic) bond motifs is 13. The lowest BCUT2D eigenvalue weighted by Crippen LogP contribution is -1.84. The van der Waals surface area contributed by atoms with Gasteiger partial charge in [-0.25, -0.2) is 0 Å². The standard InChI is InChI=1S/C56H34O4/c1-31-23-53-47(29-41(31)37-15-21-51-45(27-37)43-25-35(13-19-49(43)57-51)33-9-5-3-6-10-33)39-17-18-40-48-30-42(32(2)24-54(48)60-56(40)55(39)59-53)38-16-22-52-46(28-38)44-26-36(14-20-50(44)58-52)34-11-7-4-8-12-34/h3-30H,1-2H3. The van der Waals surface area contributed by atoms with E-state index in [1.807, 2.05) is 12.1 Å². The average molecular weight is 771 g/mol. The predicted molar refractivity (Wildman–Crippen MR) is 247 cm³/mol. The summed E-state index contributed by atoms with van der Waals surface area (Å²) in [7, 11) is 0. The van der Waals surface area contributed by atoms with Gasteiger partial charge in [-0.1, -0.05) is 84.9 Å². The summed E-state index contributed by atoms with van der Waals surface area (Å²) in [5.41, 5.74) is 18.3. The highest BCUT2D eigenvalue weighted by Gasteiger charge is 2.20. The second kappa shape index (κ2) is 12.3. The molecular weight excluding hydrogens is 737 g/mol. The quantitative estimate of drug-likeness (QED) is 0.179. The third kappa shape index (κ3) is 4.91. The molecule has 0 unspecified atom stereocenters. The van der Waals surface area contributed by atoms with Crippen molar-refractivity contribution in [2.75, 3.05) is 0 Å². The van der Waals surface area contributed by atoms with Gasteiger partial charge in [0, 0.05) is 43.1 Å². The third-order valence-electron chi connectivity index (χ3n) is 12.5. The number of aryl methyl sites for hydroxylation is 2. The minimum absolute atomic E-state index is 0.764. The Morgan fingerprint density at radius 2 is 0.600 bits per heavy atom. The van der Waals surface area contributed by atoms with Crippen LogP contribution < -0.4 is 0 Å². The van der Waals surface area contributed by atoms with Crippen LogP contribution in [-0.4, -0.2) is 0 Å². The highest BCUT2D eigenvalue weighted by Crippen LogP contribution is 2.44. The van der Waals surface area contributed by atoms with Crippen molar-refractivity contribution in [3.63, 3.8) is 0 Å². The van der Waals surface area contributed by atoms with Crippen LogP contribution in [0.4, 0.5) is 0 Å². The molecule has 0 aliphatic carbocycles. The number of rotatable bonds is 4. The summed E-state index contributed by atoms with van der Waals surface area (Å²) in [5, 5.41) is 8.61. The van der Waals surface area contributed by atoms with Crippen LogP contribution in [0, 0.1) is 13.8 Å². The lowest BCUT2D eigenvalue weighted by Gasteiger charge is -2.07. The van der Waals surface area contributed by atoms with Crippen LogP contribution in [0.25, 0.3) is 132 Å². The minimum atomic E-state index is 0.764. The first-order chi connectivity index (χ1) is 29.5. The van der Waals surface area contributed by atoms with E-state index in [1.54, 1.807) is 0 Å². The van der Waals surface area contributed by atoms with E-state index in [0.717, 1.165) is 121 Å². The first-order valence-electron chi connectivity index (χ1n) is 20.4. The molecule has 4 heterocycles.